The lowest BCUT2D eigenvalue weighted by Crippen LogP contribution is -2.48. The maximum Gasteiger partial charge on any atom is 0.326 e. The molecule has 1 aliphatic heterocycles. The lowest BCUT2D eigenvalue weighted by molar-refractivity contribution is -0.141. The van der Waals surface area contributed by atoms with E-state index in [1.165, 1.54) is 50.7 Å². The van der Waals surface area contributed by atoms with E-state index in [2.05, 4.69) is 0 Å². The Bertz CT molecular complexity index is 955. The number of carboxylic acids is 1. The summed E-state index contributed by atoms with van der Waals surface area (Å²) in [5, 5.41) is 9.38. The number of carboxylic acid groups (broad SMARTS) is 1. The normalized spacial score (nSPS) is 36.9. The van der Waals surface area contributed by atoms with Crippen LogP contribution in [0.5, 0.6) is 5.75 Å². The van der Waals surface area contributed by atoms with Gasteiger partial charge < -0.3 is 14.7 Å². The first kappa shape index (κ1) is 21.4. The molecule has 1 amide bonds. The van der Waals surface area contributed by atoms with Crippen LogP contribution < -0.4 is 4.74 Å². The highest BCUT2D eigenvalue weighted by Gasteiger charge is 2.51. The second kappa shape index (κ2) is 7.67. The number of rotatable bonds is 6. The van der Waals surface area contributed by atoms with Crippen LogP contribution in [-0.2, 0) is 4.79 Å². The molecule has 2 atom stereocenters. The predicted octanol–water partition coefficient (Wildman–Crippen LogP) is 4.94. The lowest BCUT2D eigenvalue weighted by atomic mass is 9.50. The van der Waals surface area contributed by atoms with Gasteiger partial charge in [-0.15, -0.1) is 0 Å². The van der Waals surface area contributed by atoms with Crippen molar-refractivity contribution in [2.24, 2.45) is 23.2 Å². The first-order chi connectivity index (χ1) is 15.8. The fourth-order valence-corrected chi connectivity index (χ4v) is 7.67. The second-order valence-electron chi connectivity index (χ2n) is 11.5. The molecule has 4 bridgehead atoms. The Morgan fingerprint density at radius 1 is 1.06 bits per heavy atom. The van der Waals surface area contributed by atoms with Gasteiger partial charge in [-0.25, -0.2) is 13.6 Å². The average molecular weight is 460 g/mol. The number of benzene rings is 1. The highest BCUT2D eigenvalue weighted by atomic mass is 19.1. The number of ether oxygens (including phenoxy) is 1. The average Bonchev–Trinajstić information content (AvgIpc) is 3.51. The zero-order chi connectivity index (χ0) is 22.9. The summed E-state index contributed by atoms with van der Waals surface area (Å²) in [6.45, 7) is 0.276. The van der Waals surface area contributed by atoms with Gasteiger partial charge in [-0.3, -0.25) is 4.79 Å². The number of likely N-dealkylation sites (tertiary alicyclic amines) is 1. The fraction of sp³-hybridized carbons (Fsp3) is 0.692. The summed E-state index contributed by atoms with van der Waals surface area (Å²) in [7, 11) is 0. The quantitative estimate of drug-likeness (QED) is 0.655. The van der Waals surface area contributed by atoms with E-state index in [1.807, 2.05) is 0 Å². The highest BCUT2D eigenvalue weighted by Crippen LogP contribution is 2.60. The minimum Gasteiger partial charge on any atom is -0.493 e. The Morgan fingerprint density at radius 3 is 2.27 bits per heavy atom. The minimum atomic E-state index is -1.41. The molecule has 6 aliphatic rings. The molecule has 1 heterocycles. The Morgan fingerprint density at radius 2 is 1.70 bits per heavy atom. The van der Waals surface area contributed by atoms with Gasteiger partial charge in [-0.1, -0.05) is 0 Å². The third-order valence-electron chi connectivity index (χ3n) is 8.84. The van der Waals surface area contributed by atoms with E-state index in [4.69, 9.17) is 4.74 Å². The van der Waals surface area contributed by atoms with Crippen molar-refractivity contribution in [2.45, 2.75) is 75.9 Å². The smallest absolute Gasteiger partial charge is 0.326 e. The van der Waals surface area contributed by atoms with Crippen molar-refractivity contribution in [3.63, 3.8) is 0 Å². The summed E-state index contributed by atoms with van der Waals surface area (Å²) in [5.41, 5.74) is 0.841. The third-order valence-corrected chi connectivity index (χ3v) is 8.84. The number of alkyl halides is 1. The van der Waals surface area contributed by atoms with Gasteiger partial charge in [0.05, 0.1) is 18.7 Å². The minimum absolute atomic E-state index is 0.181. The number of hydrogen-bond donors (Lipinski definition) is 1. The maximum absolute atomic E-state index is 15.2. The lowest BCUT2D eigenvalue weighted by Gasteiger charge is -2.56. The number of hydrogen-bond acceptors (Lipinski definition) is 3. The molecule has 0 aromatic heterocycles. The fourth-order valence-electron chi connectivity index (χ4n) is 7.67. The van der Waals surface area contributed by atoms with Crippen molar-refractivity contribution in [3.05, 3.63) is 29.1 Å². The number of halogens is 2. The first-order valence-corrected chi connectivity index (χ1v) is 12.4. The SMILES string of the molecule is O=C(O)[C@@H]1C[C@@H](F)CN1C(=O)c1cc(C2CC2)c(OCC23CC4CC(CC(C4)C2)C3)cc1F. The van der Waals surface area contributed by atoms with E-state index < -0.39 is 29.9 Å². The van der Waals surface area contributed by atoms with Crippen LogP contribution in [0, 0.1) is 29.0 Å². The molecule has 0 radical (unpaired) electrons. The molecule has 7 rings (SSSR count). The van der Waals surface area contributed by atoms with Crippen molar-refractivity contribution in [3.8, 4) is 5.75 Å². The molecule has 5 saturated carbocycles. The third kappa shape index (κ3) is 3.81. The molecule has 33 heavy (non-hydrogen) atoms. The van der Waals surface area contributed by atoms with E-state index in [9.17, 15) is 19.1 Å². The van der Waals surface area contributed by atoms with Crippen LogP contribution in [0.25, 0.3) is 0 Å². The van der Waals surface area contributed by atoms with Crippen LogP contribution >= 0.6 is 0 Å². The molecule has 1 aromatic rings. The summed E-state index contributed by atoms with van der Waals surface area (Å²) in [4.78, 5) is 25.5. The standard InChI is InChI=1S/C26H31F2NO4/c27-18-6-22(25(31)32)29(12-18)24(30)20-7-19(17-1-2-17)23(8-21(20)28)33-13-26-9-14-3-15(10-26)5-16(4-14)11-26/h7-8,14-18,22H,1-6,9-13H2,(H,31,32)/t14?,15?,16?,18-,22+,26?/m1/s1. The number of amides is 1. The molecular formula is C26H31F2NO4. The van der Waals surface area contributed by atoms with E-state index in [0.717, 1.165) is 41.1 Å². The van der Waals surface area contributed by atoms with Gasteiger partial charge in [0.2, 0.25) is 0 Å². The zero-order valence-corrected chi connectivity index (χ0v) is 18.8. The summed E-state index contributed by atoms with van der Waals surface area (Å²) in [5.74, 6) is 0.422. The van der Waals surface area contributed by atoms with Crippen molar-refractivity contribution in [2.75, 3.05) is 13.2 Å². The Balaban J connectivity index is 1.24. The first-order valence-electron chi connectivity index (χ1n) is 12.4. The van der Waals surface area contributed by atoms with Crippen molar-refractivity contribution in [1.82, 2.24) is 4.90 Å². The molecule has 1 saturated heterocycles. The van der Waals surface area contributed by atoms with E-state index in [0.29, 0.717) is 12.4 Å². The summed E-state index contributed by atoms with van der Waals surface area (Å²) in [6, 6.07) is 1.58. The summed E-state index contributed by atoms with van der Waals surface area (Å²) in [6.07, 6.45) is 7.91. The van der Waals surface area contributed by atoms with E-state index in [-0.39, 0.29) is 29.9 Å². The summed E-state index contributed by atoms with van der Waals surface area (Å²) >= 11 is 0. The maximum atomic E-state index is 15.2. The monoisotopic (exact) mass is 459 g/mol. The molecule has 1 aromatic carbocycles. The zero-order valence-electron chi connectivity index (χ0n) is 18.8. The molecule has 0 unspecified atom stereocenters. The summed E-state index contributed by atoms with van der Waals surface area (Å²) < 4.78 is 35.4. The molecule has 5 aliphatic carbocycles. The van der Waals surface area contributed by atoms with Gasteiger partial charge in [0.25, 0.3) is 5.91 Å². The van der Waals surface area contributed by atoms with Gasteiger partial charge in [0.1, 0.15) is 23.8 Å². The molecule has 0 spiro atoms. The molecule has 1 N–H and O–H groups in total. The van der Waals surface area contributed by atoms with Gasteiger partial charge >= 0.3 is 5.97 Å². The topological polar surface area (TPSA) is 66.8 Å². The van der Waals surface area contributed by atoms with Crippen LogP contribution in [0.2, 0.25) is 0 Å². The number of nitrogens with zero attached hydrogens (tertiary/aromatic N) is 1. The van der Waals surface area contributed by atoms with E-state index >= 15 is 4.39 Å². The number of carbonyl (C=O) groups excluding carboxylic acids is 1. The van der Waals surface area contributed by atoms with Crippen molar-refractivity contribution in [1.29, 1.82) is 0 Å². The number of carbonyl (C=O) groups is 2. The highest BCUT2D eigenvalue weighted by molar-refractivity contribution is 5.97. The van der Waals surface area contributed by atoms with Crippen LogP contribution in [0.3, 0.4) is 0 Å². The predicted molar refractivity (Wildman–Crippen MR) is 116 cm³/mol. The van der Waals surface area contributed by atoms with Crippen LogP contribution in [-0.4, -0.2) is 47.2 Å². The molecule has 5 nitrogen and oxygen atoms in total. The molecular weight excluding hydrogens is 428 g/mol. The molecule has 7 heteroatoms. The van der Waals surface area contributed by atoms with Crippen molar-refractivity contribution < 1.29 is 28.2 Å². The Labute approximate surface area is 192 Å². The molecule has 178 valence electrons. The van der Waals surface area contributed by atoms with Gasteiger partial charge in [-0.2, -0.15) is 0 Å². The van der Waals surface area contributed by atoms with E-state index in [1.54, 1.807) is 0 Å². The van der Waals surface area contributed by atoms with Crippen molar-refractivity contribution >= 4 is 11.9 Å². The Hall–Kier alpha value is -2.18. The van der Waals surface area contributed by atoms with Crippen LogP contribution in [0.1, 0.15) is 79.6 Å². The molecule has 6 fully saturated rings. The van der Waals surface area contributed by atoms with Crippen LogP contribution in [0.4, 0.5) is 8.78 Å². The van der Waals surface area contributed by atoms with Crippen LogP contribution in [0.15, 0.2) is 12.1 Å². The number of aliphatic carboxylic acids is 1. The van der Waals surface area contributed by atoms with Gasteiger partial charge in [0.15, 0.2) is 0 Å². The second-order valence-corrected chi connectivity index (χ2v) is 11.5. The largest absolute Gasteiger partial charge is 0.493 e. The Kier molecular flexibility index (Phi) is 4.97. The van der Waals surface area contributed by atoms with Gasteiger partial charge in [-0.05, 0) is 86.7 Å². The van der Waals surface area contributed by atoms with Gasteiger partial charge in [0, 0.05) is 17.9 Å².